The van der Waals surface area contributed by atoms with Crippen molar-refractivity contribution >= 4 is 0 Å². The first-order valence-electron chi connectivity index (χ1n) is 10.9. The van der Waals surface area contributed by atoms with E-state index in [1.165, 1.54) is 24.0 Å². The van der Waals surface area contributed by atoms with E-state index in [2.05, 4.69) is 69.5 Å². The van der Waals surface area contributed by atoms with Crippen LogP contribution in [0.1, 0.15) is 24.0 Å². The number of likely N-dealkylation sites (N-methyl/N-ethyl adjacent to an activating group) is 1. The van der Waals surface area contributed by atoms with Gasteiger partial charge in [-0.25, -0.2) is 0 Å². The van der Waals surface area contributed by atoms with Crippen LogP contribution in [0.25, 0.3) is 11.3 Å². The second kappa shape index (κ2) is 9.92. The number of aromatic amines is 1. The monoisotopic (exact) mass is 404 g/mol. The van der Waals surface area contributed by atoms with Gasteiger partial charge in [0.2, 0.25) is 0 Å². The minimum atomic E-state index is 0.610. The van der Waals surface area contributed by atoms with Crippen molar-refractivity contribution in [2.24, 2.45) is 0 Å². The van der Waals surface area contributed by atoms with Gasteiger partial charge in [0.25, 0.3) is 0 Å². The Morgan fingerprint density at radius 3 is 2.70 bits per heavy atom. The van der Waals surface area contributed by atoms with E-state index in [1.807, 2.05) is 18.3 Å². The van der Waals surface area contributed by atoms with E-state index in [-0.39, 0.29) is 0 Å². The molecule has 1 aromatic heterocycles. The topological polar surface area (TPSA) is 44.4 Å². The number of H-pyrrole nitrogens is 1. The van der Waals surface area contributed by atoms with Gasteiger partial charge in [0.1, 0.15) is 5.75 Å². The van der Waals surface area contributed by atoms with E-state index in [0.29, 0.717) is 6.04 Å². The zero-order valence-corrected chi connectivity index (χ0v) is 18.1. The SMILES string of the molecule is COc1ccc(-c2[nH]ncc2CN2CCCC(N(C)CCc3ccccc3)C2)cc1. The van der Waals surface area contributed by atoms with Gasteiger partial charge in [-0.3, -0.25) is 10.00 Å². The van der Waals surface area contributed by atoms with Crippen LogP contribution < -0.4 is 4.74 Å². The summed E-state index contributed by atoms with van der Waals surface area (Å²) in [4.78, 5) is 5.12. The maximum absolute atomic E-state index is 5.28. The standard InChI is InChI=1S/C25H32N4O/c1-28(16-14-20-7-4-3-5-8-20)23-9-6-15-29(19-23)18-22-17-26-27-25(22)21-10-12-24(30-2)13-11-21/h3-5,7-8,10-13,17,23H,6,9,14-16,18-19H2,1-2H3,(H,26,27). The van der Waals surface area contributed by atoms with Crippen molar-refractivity contribution in [2.45, 2.75) is 31.8 Å². The molecule has 1 aliphatic rings. The molecule has 1 unspecified atom stereocenters. The summed E-state index contributed by atoms with van der Waals surface area (Å²) in [5, 5.41) is 7.52. The zero-order valence-electron chi connectivity index (χ0n) is 18.1. The zero-order chi connectivity index (χ0) is 20.8. The molecule has 5 heteroatoms. The van der Waals surface area contributed by atoms with E-state index in [4.69, 9.17) is 4.74 Å². The number of methoxy groups -OCH3 is 1. The second-order valence-electron chi connectivity index (χ2n) is 8.25. The van der Waals surface area contributed by atoms with Crippen LogP contribution in [-0.2, 0) is 13.0 Å². The molecule has 0 radical (unpaired) electrons. The highest BCUT2D eigenvalue weighted by Gasteiger charge is 2.24. The summed E-state index contributed by atoms with van der Waals surface area (Å²) in [5.74, 6) is 0.872. The van der Waals surface area contributed by atoms with Gasteiger partial charge in [-0.15, -0.1) is 0 Å². The van der Waals surface area contributed by atoms with E-state index >= 15 is 0 Å². The summed E-state index contributed by atoms with van der Waals surface area (Å²) in [7, 11) is 3.97. The first-order valence-corrected chi connectivity index (χ1v) is 10.9. The average molecular weight is 405 g/mol. The highest BCUT2D eigenvalue weighted by atomic mass is 16.5. The molecule has 4 rings (SSSR count). The lowest BCUT2D eigenvalue weighted by Gasteiger charge is -2.37. The fourth-order valence-electron chi connectivity index (χ4n) is 4.35. The van der Waals surface area contributed by atoms with Crippen LogP contribution in [0.3, 0.4) is 0 Å². The van der Waals surface area contributed by atoms with Gasteiger partial charge in [-0.1, -0.05) is 30.3 Å². The fourth-order valence-corrected chi connectivity index (χ4v) is 4.35. The molecule has 0 saturated carbocycles. The molecule has 0 amide bonds. The number of benzene rings is 2. The van der Waals surface area contributed by atoms with Crippen LogP contribution in [0.15, 0.2) is 60.8 Å². The number of hydrogen-bond donors (Lipinski definition) is 1. The predicted molar refractivity (Wildman–Crippen MR) is 122 cm³/mol. The molecule has 0 bridgehead atoms. The first kappa shape index (κ1) is 20.6. The molecular formula is C25H32N4O. The van der Waals surface area contributed by atoms with E-state index < -0.39 is 0 Å². The third-order valence-electron chi connectivity index (χ3n) is 6.19. The Labute approximate surface area is 179 Å². The van der Waals surface area contributed by atoms with E-state index in [0.717, 1.165) is 49.6 Å². The number of piperidine rings is 1. The molecular weight excluding hydrogens is 372 g/mol. The Kier molecular flexibility index (Phi) is 6.82. The molecule has 2 aromatic carbocycles. The van der Waals surface area contributed by atoms with Crippen molar-refractivity contribution in [3.05, 3.63) is 71.9 Å². The minimum Gasteiger partial charge on any atom is -0.497 e. The van der Waals surface area contributed by atoms with Crippen molar-refractivity contribution in [2.75, 3.05) is 33.8 Å². The van der Waals surface area contributed by atoms with Gasteiger partial charge in [0.15, 0.2) is 0 Å². The summed E-state index contributed by atoms with van der Waals surface area (Å²) in [6, 6.07) is 19.6. The van der Waals surface area contributed by atoms with Crippen LogP contribution in [0.4, 0.5) is 0 Å². The molecule has 5 nitrogen and oxygen atoms in total. The van der Waals surface area contributed by atoms with Crippen LogP contribution in [-0.4, -0.2) is 59.8 Å². The van der Waals surface area contributed by atoms with Crippen LogP contribution in [0, 0.1) is 0 Å². The fraction of sp³-hybridized carbons (Fsp3) is 0.400. The molecule has 0 aliphatic carbocycles. The number of nitrogens with one attached hydrogen (secondary N) is 1. The number of hydrogen-bond acceptors (Lipinski definition) is 4. The predicted octanol–water partition coefficient (Wildman–Crippen LogP) is 4.22. The van der Waals surface area contributed by atoms with Crippen molar-refractivity contribution in [3.63, 3.8) is 0 Å². The summed E-state index contributed by atoms with van der Waals surface area (Å²) >= 11 is 0. The third kappa shape index (κ3) is 5.10. The highest BCUT2D eigenvalue weighted by molar-refractivity contribution is 5.63. The molecule has 158 valence electrons. The lowest BCUT2D eigenvalue weighted by atomic mass is 10.0. The van der Waals surface area contributed by atoms with Crippen molar-refractivity contribution < 1.29 is 4.74 Å². The lowest BCUT2D eigenvalue weighted by Crippen LogP contribution is -2.46. The Hall–Kier alpha value is -2.63. The molecule has 30 heavy (non-hydrogen) atoms. The highest BCUT2D eigenvalue weighted by Crippen LogP contribution is 2.26. The van der Waals surface area contributed by atoms with Crippen molar-refractivity contribution in [1.29, 1.82) is 0 Å². The number of ether oxygens (including phenoxy) is 1. The van der Waals surface area contributed by atoms with Gasteiger partial charge < -0.3 is 9.64 Å². The van der Waals surface area contributed by atoms with Crippen LogP contribution >= 0.6 is 0 Å². The summed E-state index contributed by atoms with van der Waals surface area (Å²) < 4.78 is 5.28. The molecule has 3 aromatic rings. The number of likely N-dealkylation sites (tertiary alicyclic amines) is 1. The Bertz CT molecular complexity index is 906. The summed E-state index contributed by atoms with van der Waals surface area (Å²) in [6.07, 6.45) is 5.61. The Balaban J connectivity index is 1.35. The number of rotatable bonds is 8. The summed E-state index contributed by atoms with van der Waals surface area (Å²) in [6.45, 7) is 4.29. The molecule has 0 spiro atoms. The largest absolute Gasteiger partial charge is 0.497 e. The van der Waals surface area contributed by atoms with E-state index in [9.17, 15) is 0 Å². The van der Waals surface area contributed by atoms with Crippen LogP contribution in [0.2, 0.25) is 0 Å². The molecule has 1 fully saturated rings. The Morgan fingerprint density at radius 1 is 1.13 bits per heavy atom. The third-order valence-corrected chi connectivity index (χ3v) is 6.19. The van der Waals surface area contributed by atoms with Gasteiger partial charge >= 0.3 is 0 Å². The maximum Gasteiger partial charge on any atom is 0.118 e. The smallest absolute Gasteiger partial charge is 0.118 e. The minimum absolute atomic E-state index is 0.610. The van der Waals surface area contributed by atoms with E-state index in [1.54, 1.807) is 7.11 Å². The lowest BCUT2D eigenvalue weighted by molar-refractivity contribution is 0.112. The normalized spacial score (nSPS) is 17.4. The van der Waals surface area contributed by atoms with Crippen molar-refractivity contribution in [1.82, 2.24) is 20.0 Å². The molecule has 1 aliphatic heterocycles. The summed E-state index contributed by atoms with van der Waals surface area (Å²) in [5.41, 5.74) is 4.93. The molecule has 2 heterocycles. The van der Waals surface area contributed by atoms with Gasteiger partial charge in [0.05, 0.1) is 19.0 Å². The molecule has 1 N–H and O–H groups in total. The van der Waals surface area contributed by atoms with Gasteiger partial charge in [-0.05, 0) is 62.7 Å². The Morgan fingerprint density at radius 2 is 1.93 bits per heavy atom. The average Bonchev–Trinajstić information content (AvgIpc) is 3.26. The van der Waals surface area contributed by atoms with Gasteiger partial charge in [-0.2, -0.15) is 5.10 Å². The number of aromatic nitrogens is 2. The molecule has 1 saturated heterocycles. The first-order chi connectivity index (χ1) is 14.7. The number of nitrogens with zero attached hydrogens (tertiary/aromatic N) is 3. The second-order valence-corrected chi connectivity index (χ2v) is 8.25. The quantitative estimate of drug-likeness (QED) is 0.610. The maximum atomic E-state index is 5.28. The van der Waals surface area contributed by atoms with Crippen molar-refractivity contribution in [3.8, 4) is 17.0 Å². The molecule has 1 atom stereocenters. The van der Waals surface area contributed by atoms with Gasteiger partial charge in [0, 0.05) is 36.8 Å². The van der Waals surface area contributed by atoms with Crippen LogP contribution in [0.5, 0.6) is 5.75 Å².